The average Bonchev–Trinajstić information content (AvgIpc) is 3.15. The Morgan fingerprint density at radius 3 is 2.75 bits per heavy atom. The van der Waals surface area contributed by atoms with Gasteiger partial charge in [-0.25, -0.2) is 9.97 Å². The van der Waals surface area contributed by atoms with Gasteiger partial charge in [-0.3, -0.25) is 10.5 Å². The van der Waals surface area contributed by atoms with Crippen molar-refractivity contribution in [2.45, 2.75) is 18.0 Å². The highest BCUT2D eigenvalue weighted by atomic mass is 32.2. The van der Waals surface area contributed by atoms with Gasteiger partial charge in [0, 0.05) is 7.05 Å². The lowest BCUT2D eigenvalue weighted by molar-refractivity contribution is -0.410. The molecule has 0 radical (unpaired) electrons. The Labute approximate surface area is 170 Å². The summed E-state index contributed by atoms with van der Waals surface area (Å²) in [4.78, 5) is 21.7. The van der Waals surface area contributed by atoms with E-state index < -0.39 is 0 Å². The molecule has 9 heteroatoms. The number of para-hydroxylation sites is 1. The zero-order chi connectivity index (χ0) is 20.3. The monoisotopic (exact) mass is 409 g/mol. The van der Waals surface area contributed by atoms with Gasteiger partial charge in [0.05, 0.1) is 22.0 Å². The fraction of sp³-hybridized carbons (Fsp3) is 0.211. The van der Waals surface area contributed by atoms with E-state index in [1.807, 2.05) is 43.3 Å². The smallest absolute Gasteiger partial charge is 0.289 e. The summed E-state index contributed by atoms with van der Waals surface area (Å²) in [6.45, 7) is 1.94. The van der Waals surface area contributed by atoms with E-state index in [0.29, 0.717) is 5.03 Å². The maximum Gasteiger partial charge on any atom is 0.289 e. The van der Waals surface area contributed by atoms with Crippen LogP contribution in [0.15, 0.2) is 35.4 Å². The molecule has 0 bridgehead atoms. The highest BCUT2D eigenvalue weighted by Crippen LogP contribution is 2.29. The summed E-state index contributed by atoms with van der Waals surface area (Å²) in [6, 6.07) is 13.1. The van der Waals surface area contributed by atoms with E-state index >= 15 is 0 Å². The van der Waals surface area contributed by atoms with Gasteiger partial charge in [0.25, 0.3) is 5.82 Å². The molecule has 140 valence electrons. The van der Waals surface area contributed by atoms with Crippen molar-refractivity contribution in [3.63, 3.8) is 0 Å². The largest absolute Gasteiger partial charge is 0.336 e. The van der Waals surface area contributed by atoms with Crippen LogP contribution in [0, 0.1) is 22.7 Å². The van der Waals surface area contributed by atoms with Gasteiger partial charge < -0.3 is 4.90 Å². The second kappa shape index (κ2) is 8.26. The lowest BCUT2D eigenvalue weighted by Crippen LogP contribution is -2.31. The molecule has 2 aromatic heterocycles. The maximum atomic E-state index is 12.7. The molecule has 0 saturated heterocycles. The molecule has 1 aromatic carbocycles. The van der Waals surface area contributed by atoms with Crippen LogP contribution in [0.3, 0.4) is 0 Å². The molecule has 1 atom stereocenters. The summed E-state index contributed by atoms with van der Waals surface area (Å²) >= 11 is 2.75. The number of pyridine rings is 1. The number of nitrogen functional groups attached to an aromatic ring is 1. The summed E-state index contributed by atoms with van der Waals surface area (Å²) in [5.74, 6) is 0.201. The average molecular weight is 410 g/mol. The number of thiazole rings is 1. The van der Waals surface area contributed by atoms with Gasteiger partial charge in [-0.05, 0) is 25.1 Å². The number of benzene rings is 1. The molecule has 0 aliphatic heterocycles. The van der Waals surface area contributed by atoms with Crippen molar-refractivity contribution >= 4 is 45.0 Å². The lowest BCUT2D eigenvalue weighted by atomic mass is 10.2. The summed E-state index contributed by atoms with van der Waals surface area (Å²) in [5.41, 5.74) is 7.19. The van der Waals surface area contributed by atoms with Crippen LogP contribution in [0.4, 0.5) is 5.82 Å². The molecule has 0 aliphatic carbocycles. The fourth-order valence-electron chi connectivity index (χ4n) is 2.52. The van der Waals surface area contributed by atoms with E-state index in [2.05, 4.69) is 9.97 Å². The Morgan fingerprint density at radius 1 is 1.36 bits per heavy atom. The van der Waals surface area contributed by atoms with E-state index in [9.17, 15) is 10.1 Å². The molecule has 0 unspecified atom stereocenters. The Balaban J connectivity index is 1.72. The molecule has 28 heavy (non-hydrogen) atoms. The predicted molar refractivity (Wildman–Crippen MR) is 108 cm³/mol. The number of anilines is 1. The second-order valence-electron chi connectivity index (χ2n) is 6.05. The maximum absolute atomic E-state index is 12.7. The molecule has 0 fully saturated rings. The van der Waals surface area contributed by atoms with Gasteiger partial charge in [0.1, 0.15) is 28.3 Å². The third-order valence-electron chi connectivity index (χ3n) is 4.29. The van der Waals surface area contributed by atoms with Crippen molar-refractivity contribution in [1.82, 2.24) is 9.88 Å². The quantitative estimate of drug-likeness (QED) is 0.647. The third kappa shape index (κ3) is 3.91. The number of fused-ring (bicyclic) bond motifs is 1. The normalized spacial score (nSPS) is 11.6. The number of amides is 1. The first-order valence-electron chi connectivity index (χ1n) is 8.34. The topological polar surface area (TPSA) is 121 Å². The van der Waals surface area contributed by atoms with Gasteiger partial charge >= 0.3 is 0 Å². The van der Waals surface area contributed by atoms with Crippen LogP contribution in [0.5, 0.6) is 0 Å². The van der Waals surface area contributed by atoms with Gasteiger partial charge in [-0.1, -0.05) is 23.9 Å². The zero-order valence-corrected chi connectivity index (χ0v) is 16.9. The molecule has 0 saturated carbocycles. The van der Waals surface area contributed by atoms with Crippen LogP contribution in [0.1, 0.15) is 29.1 Å². The highest BCUT2D eigenvalue weighted by molar-refractivity contribution is 7.99. The molecule has 3 aromatic rings. The SMILES string of the molecule is C[C@H](c1nc2ccccc2s1)N(C)C(=O)CSc1[nH+]c(N)c(C#N)cc1C#N. The summed E-state index contributed by atoms with van der Waals surface area (Å²) in [5, 5.41) is 19.6. The number of aromatic amines is 1. The van der Waals surface area contributed by atoms with Crippen LogP contribution in [0.25, 0.3) is 10.2 Å². The Hall–Kier alpha value is -3.14. The van der Waals surface area contributed by atoms with Crippen LogP contribution in [0.2, 0.25) is 0 Å². The van der Waals surface area contributed by atoms with Crippen molar-refractivity contribution in [3.05, 3.63) is 46.5 Å². The molecule has 3 N–H and O–H groups in total. The first-order chi connectivity index (χ1) is 13.4. The number of nitrogens with two attached hydrogens (primary N) is 1. The number of nitrogens with one attached hydrogen (secondary N) is 1. The zero-order valence-electron chi connectivity index (χ0n) is 15.3. The van der Waals surface area contributed by atoms with Crippen LogP contribution in [-0.4, -0.2) is 28.6 Å². The first kappa shape index (κ1) is 19.6. The minimum Gasteiger partial charge on any atom is -0.336 e. The number of carbonyl (C=O) groups is 1. The van der Waals surface area contributed by atoms with E-state index in [-0.39, 0.29) is 34.6 Å². The van der Waals surface area contributed by atoms with E-state index in [4.69, 9.17) is 11.0 Å². The number of H-pyrrole nitrogens is 1. The standard InChI is InChI=1S/C19H16N6OS2/c1-11(18-23-14-5-3-4-6-15(14)28-18)25(2)16(26)10-27-19-13(9-21)7-12(8-20)17(22)24-19/h3-7,11H,10H2,1-2H3,(H2,22,24)/p+1/t11-/m1/s1. The number of nitriles is 2. The Kier molecular flexibility index (Phi) is 5.78. The Bertz CT molecular complexity index is 1090. The fourth-order valence-corrected chi connectivity index (χ4v) is 4.50. The number of nitrogens with zero attached hydrogens (tertiary/aromatic N) is 4. The summed E-state index contributed by atoms with van der Waals surface area (Å²) in [6.07, 6.45) is 0. The van der Waals surface area contributed by atoms with Gasteiger partial charge in [0.2, 0.25) is 5.91 Å². The summed E-state index contributed by atoms with van der Waals surface area (Å²) in [7, 11) is 1.74. The predicted octanol–water partition coefficient (Wildman–Crippen LogP) is 2.75. The molecule has 1 amide bonds. The van der Waals surface area contributed by atoms with Crippen molar-refractivity contribution in [2.24, 2.45) is 0 Å². The van der Waals surface area contributed by atoms with Crippen LogP contribution < -0.4 is 10.7 Å². The van der Waals surface area contributed by atoms with Gasteiger partial charge in [-0.2, -0.15) is 10.5 Å². The van der Waals surface area contributed by atoms with E-state index in [1.54, 1.807) is 23.3 Å². The Morgan fingerprint density at radius 2 is 2.07 bits per heavy atom. The second-order valence-corrected chi connectivity index (χ2v) is 8.10. The lowest BCUT2D eigenvalue weighted by Gasteiger charge is -2.23. The molecular formula is C19H17N6OS2+. The minimum atomic E-state index is -0.170. The number of thioether (sulfide) groups is 1. The van der Waals surface area contributed by atoms with Crippen molar-refractivity contribution in [1.29, 1.82) is 10.5 Å². The van der Waals surface area contributed by atoms with E-state index in [1.165, 1.54) is 17.8 Å². The van der Waals surface area contributed by atoms with Crippen LogP contribution in [-0.2, 0) is 4.79 Å². The summed E-state index contributed by atoms with van der Waals surface area (Å²) < 4.78 is 1.08. The third-order valence-corrected chi connectivity index (χ3v) is 6.50. The van der Waals surface area contributed by atoms with Gasteiger partial charge in [0.15, 0.2) is 5.03 Å². The number of carbonyl (C=O) groups excluding carboxylic acids is 1. The molecular weight excluding hydrogens is 392 g/mol. The van der Waals surface area contributed by atoms with Crippen molar-refractivity contribution in [3.8, 4) is 12.1 Å². The van der Waals surface area contributed by atoms with Crippen molar-refractivity contribution < 1.29 is 9.78 Å². The molecule has 7 nitrogen and oxygen atoms in total. The number of hydrogen-bond acceptors (Lipinski definition) is 7. The number of aromatic nitrogens is 2. The molecule has 3 rings (SSSR count). The molecule has 0 aliphatic rings. The van der Waals surface area contributed by atoms with Crippen LogP contribution >= 0.6 is 23.1 Å². The van der Waals surface area contributed by atoms with Gasteiger partial charge in [-0.15, -0.1) is 11.3 Å². The van der Waals surface area contributed by atoms with E-state index in [0.717, 1.165) is 15.2 Å². The number of rotatable bonds is 5. The molecule has 2 heterocycles. The number of hydrogen-bond donors (Lipinski definition) is 1. The first-order valence-corrected chi connectivity index (χ1v) is 10.1. The minimum absolute atomic E-state index is 0.100. The molecule has 0 spiro atoms. The van der Waals surface area contributed by atoms with Crippen molar-refractivity contribution in [2.75, 3.05) is 18.5 Å². The highest BCUT2D eigenvalue weighted by Gasteiger charge is 2.22.